The van der Waals surface area contributed by atoms with E-state index in [2.05, 4.69) is 30.3 Å². The SMILES string of the molecule is CCOc1ccc(/C=C2\CCCC3C2=NN(C(=O)c2cccc(Cl)c2)C3c2ccc(OCC)cc2)cc1. The smallest absolute Gasteiger partial charge is 0.274 e. The van der Waals surface area contributed by atoms with E-state index in [-0.39, 0.29) is 17.9 Å². The zero-order valence-electron chi connectivity index (χ0n) is 21.2. The van der Waals surface area contributed by atoms with Gasteiger partial charge in [0.2, 0.25) is 0 Å². The molecule has 0 saturated heterocycles. The van der Waals surface area contributed by atoms with Gasteiger partial charge in [-0.05, 0) is 98.4 Å². The molecule has 2 atom stereocenters. The third-order valence-electron chi connectivity index (χ3n) is 6.85. The van der Waals surface area contributed by atoms with Crippen molar-refractivity contribution in [3.63, 3.8) is 0 Å². The van der Waals surface area contributed by atoms with Gasteiger partial charge < -0.3 is 9.47 Å². The van der Waals surface area contributed by atoms with E-state index < -0.39 is 0 Å². The van der Waals surface area contributed by atoms with Crippen molar-refractivity contribution >= 4 is 29.3 Å². The quantitative estimate of drug-likeness (QED) is 0.326. The largest absolute Gasteiger partial charge is 0.494 e. The maximum Gasteiger partial charge on any atom is 0.274 e. The molecule has 0 N–H and O–H groups in total. The predicted octanol–water partition coefficient (Wildman–Crippen LogP) is 7.57. The fourth-order valence-electron chi connectivity index (χ4n) is 5.21. The maximum absolute atomic E-state index is 13.8. The third-order valence-corrected chi connectivity index (χ3v) is 7.08. The number of hydrazone groups is 1. The van der Waals surface area contributed by atoms with Crippen molar-refractivity contribution < 1.29 is 14.3 Å². The molecule has 3 aromatic rings. The van der Waals surface area contributed by atoms with E-state index in [1.165, 1.54) is 5.57 Å². The van der Waals surface area contributed by atoms with Gasteiger partial charge in [-0.2, -0.15) is 5.10 Å². The van der Waals surface area contributed by atoms with E-state index in [1.807, 2.05) is 38.1 Å². The Morgan fingerprint density at radius 2 is 1.68 bits per heavy atom. The van der Waals surface area contributed by atoms with Crippen molar-refractivity contribution in [1.82, 2.24) is 5.01 Å². The summed E-state index contributed by atoms with van der Waals surface area (Å²) in [5, 5.41) is 7.19. The van der Waals surface area contributed by atoms with Crippen LogP contribution in [0.3, 0.4) is 0 Å². The van der Waals surface area contributed by atoms with E-state index in [0.717, 1.165) is 47.6 Å². The molecule has 1 amide bonds. The molecule has 0 bridgehead atoms. The molecule has 1 saturated carbocycles. The Morgan fingerprint density at radius 1 is 1.00 bits per heavy atom. The van der Waals surface area contributed by atoms with Gasteiger partial charge in [0.25, 0.3) is 5.91 Å². The van der Waals surface area contributed by atoms with Crippen LogP contribution in [0.15, 0.2) is 83.5 Å². The molecule has 3 aromatic carbocycles. The number of halogens is 1. The number of nitrogens with zero attached hydrogens (tertiary/aromatic N) is 2. The summed E-state index contributed by atoms with van der Waals surface area (Å²) in [6.07, 6.45) is 5.14. The molecule has 1 aliphatic heterocycles. The Bertz CT molecular complexity index is 1320. The highest BCUT2D eigenvalue weighted by molar-refractivity contribution is 6.31. The van der Waals surface area contributed by atoms with Crippen molar-refractivity contribution in [2.24, 2.45) is 11.0 Å². The van der Waals surface area contributed by atoms with Gasteiger partial charge in [0.15, 0.2) is 0 Å². The number of hydrogen-bond acceptors (Lipinski definition) is 4. The number of carbonyl (C=O) groups excluding carboxylic acids is 1. The molecule has 0 radical (unpaired) electrons. The zero-order valence-corrected chi connectivity index (χ0v) is 21.9. The summed E-state index contributed by atoms with van der Waals surface area (Å²) in [6.45, 7) is 5.20. The van der Waals surface area contributed by atoms with Crippen LogP contribution in [-0.2, 0) is 0 Å². The van der Waals surface area contributed by atoms with Gasteiger partial charge >= 0.3 is 0 Å². The molecular weight excluding hydrogens is 484 g/mol. The van der Waals surface area contributed by atoms with Crippen LogP contribution >= 0.6 is 11.6 Å². The molecule has 0 spiro atoms. The van der Waals surface area contributed by atoms with Gasteiger partial charge in [0, 0.05) is 16.5 Å². The minimum atomic E-state index is -0.193. The summed E-state index contributed by atoms with van der Waals surface area (Å²) in [6, 6.07) is 23.0. The fraction of sp³-hybridized carbons (Fsp3) is 0.290. The predicted molar refractivity (Wildman–Crippen MR) is 148 cm³/mol. The van der Waals surface area contributed by atoms with Gasteiger partial charge in [-0.3, -0.25) is 4.79 Å². The number of carbonyl (C=O) groups is 1. The molecule has 37 heavy (non-hydrogen) atoms. The van der Waals surface area contributed by atoms with Crippen LogP contribution in [0, 0.1) is 5.92 Å². The van der Waals surface area contributed by atoms with Crippen LogP contribution < -0.4 is 9.47 Å². The van der Waals surface area contributed by atoms with Crippen LogP contribution in [-0.4, -0.2) is 29.8 Å². The Morgan fingerprint density at radius 3 is 2.32 bits per heavy atom. The molecular formula is C31H31ClN2O3. The van der Waals surface area contributed by atoms with Crippen molar-refractivity contribution in [3.05, 3.63) is 100 Å². The average molecular weight is 515 g/mol. The monoisotopic (exact) mass is 514 g/mol. The summed E-state index contributed by atoms with van der Waals surface area (Å²) < 4.78 is 11.2. The molecule has 5 rings (SSSR count). The Hall–Kier alpha value is -3.57. The highest BCUT2D eigenvalue weighted by atomic mass is 35.5. The molecule has 5 nitrogen and oxygen atoms in total. The lowest BCUT2D eigenvalue weighted by atomic mass is 9.77. The normalized spacial score (nSPS) is 19.9. The first-order valence-corrected chi connectivity index (χ1v) is 13.3. The number of fused-ring (bicyclic) bond motifs is 1. The van der Waals surface area contributed by atoms with Crippen molar-refractivity contribution in [2.75, 3.05) is 13.2 Å². The second-order valence-electron chi connectivity index (χ2n) is 9.26. The molecule has 1 fully saturated rings. The molecule has 1 heterocycles. The Balaban J connectivity index is 1.52. The fourth-order valence-corrected chi connectivity index (χ4v) is 5.40. The standard InChI is InChI=1S/C31H31ClN2O3/c1-3-36-26-15-11-21(12-16-26)19-23-7-6-10-28-29(23)33-34(31(35)24-8-5-9-25(32)20-24)30(28)22-13-17-27(18-14-22)37-4-2/h5,8-9,11-20,28,30H,3-4,6-7,10H2,1-2H3/b23-19+. The van der Waals surface area contributed by atoms with Gasteiger partial charge in [0.05, 0.1) is 25.0 Å². The molecule has 1 aliphatic carbocycles. The van der Waals surface area contributed by atoms with E-state index in [9.17, 15) is 4.79 Å². The number of ether oxygens (including phenoxy) is 2. The summed E-state index contributed by atoms with van der Waals surface area (Å²) in [4.78, 5) is 13.8. The summed E-state index contributed by atoms with van der Waals surface area (Å²) in [7, 11) is 0. The lowest BCUT2D eigenvalue weighted by molar-refractivity contribution is 0.0681. The lowest BCUT2D eigenvalue weighted by Crippen LogP contribution is -2.31. The summed E-state index contributed by atoms with van der Waals surface area (Å²) >= 11 is 6.22. The van der Waals surface area contributed by atoms with Crippen LogP contribution in [0.1, 0.15) is 60.6 Å². The lowest BCUT2D eigenvalue weighted by Gasteiger charge is -2.30. The number of amides is 1. The molecule has 0 aromatic heterocycles. The summed E-state index contributed by atoms with van der Waals surface area (Å²) in [5.74, 6) is 1.64. The highest BCUT2D eigenvalue weighted by Crippen LogP contribution is 2.45. The van der Waals surface area contributed by atoms with Crippen molar-refractivity contribution in [1.29, 1.82) is 0 Å². The van der Waals surface area contributed by atoms with Gasteiger partial charge in [0.1, 0.15) is 11.5 Å². The second kappa shape index (κ2) is 11.2. The average Bonchev–Trinajstić information content (AvgIpc) is 3.31. The van der Waals surface area contributed by atoms with E-state index in [0.29, 0.717) is 23.8 Å². The zero-order chi connectivity index (χ0) is 25.8. The molecule has 2 unspecified atom stereocenters. The van der Waals surface area contributed by atoms with Gasteiger partial charge in [-0.1, -0.05) is 41.9 Å². The van der Waals surface area contributed by atoms with Gasteiger partial charge in [-0.15, -0.1) is 0 Å². The first-order valence-electron chi connectivity index (χ1n) is 12.9. The van der Waals surface area contributed by atoms with Crippen molar-refractivity contribution in [2.45, 2.75) is 39.2 Å². The van der Waals surface area contributed by atoms with Crippen molar-refractivity contribution in [3.8, 4) is 11.5 Å². The minimum absolute atomic E-state index is 0.115. The molecule has 190 valence electrons. The maximum atomic E-state index is 13.8. The minimum Gasteiger partial charge on any atom is -0.494 e. The second-order valence-corrected chi connectivity index (χ2v) is 9.70. The van der Waals surface area contributed by atoms with E-state index in [4.69, 9.17) is 26.2 Å². The number of benzene rings is 3. The summed E-state index contributed by atoms with van der Waals surface area (Å²) in [5.41, 5.74) is 4.85. The first kappa shape index (κ1) is 25.1. The van der Waals surface area contributed by atoms with Crippen LogP contribution in [0.4, 0.5) is 0 Å². The van der Waals surface area contributed by atoms with E-state index >= 15 is 0 Å². The number of allylic oxidation sites excluding steroid dienone is 1. The Labute approximate surface area is 223 Å². The highest BCUT2D eigenvalue weighted by Gasteiger charge is 2.44. The van der Waals surface area contributed by atoms with Gasteiger partial charge in [-0.25, -0.2) is 5.01 Å². The van der Waals surface area contributed by atoms with Crippen LogP contribution in [0.2, 0.25) is 5.02 Å². The topological polar surface area (TPSA) is 51.1 Å². The molecule has 2 aliphatic rings. The molecule has 6 heteroatoms. The Kier molecular flexibility index (Phi) is 7.61. The third kappa shape index (κ3) is 5.42. The first-order chi connectivity index (χ1) is 18.1. The number of hydrogen-bond donors (Lipinski definition) is 0. The van der Waals surface area contributed by atoms with Crippen LogP contribution in [0.25, 0.3) is 6.08 Å². The van der Waals surface area contributed by atoms with Crippen LogP contribution in [0.5, 0.6) is 11.5 Å². The van der Waals surface area contributed by atoms with E-state index in [1.54, 1.807) is 29.3 Å². The number of rotatable bonds is 7.